The maximum Gasteiger partial charge on any atom is 0.223 e. The number of β-amino-alcohol motifs (C(OH)–C–C–N with tert-alkyl or cyclic N) is 1. The topological polar surface area (TPSA) is 89.5 Å². The van der Waals surface area contributed by atoms with Gasteiger partial charge in [-0.3, -0.25) is 4.79 Å². The van der Waals surface area contributed by atoms with Gasteiger partial charge >= 0.3 is 0 Å². The number of H-pyrrole nitrogens is 1. The number of aryl methyl sites for hydroxylation is 1. The summed E-state index contributed by atoms with van der Waals surface area (Å²) in [6.07, 6.45) is 0.0772. The highest BCUT2D eigenvalue weighted by Crippen LogP contribution is 2.22. The van der Waals surface area contributed by atoms with Crippen molar-refractivity contribution in [3.05, 3.63) is 29.8 Å². The number of hydrogen-bond acceptors (Lipinski definition) is 4. The van der Waals surface area contributed by atoms with Crippen molar-refractivity contribution in [2.75, 3.05) is 13.1 Å². The van der Waals surface area contributed by atoms with E-state index >= 15 is 0 Å². The first-order valence-corrected chi connectivity index (χ1v) is 7.67. The fourth-order valence-corrected chi connectivity index (χ4v) is 2.79. The number of imidazole rings is 1. The van der Waals surface area contributed by atoms with Gasteiger partial charge in [0.15, 0.2) is 0 Å². The molecule has 0 radical (unpaired) electrons. The lowest BCUT2D eigenvalue weighted by Gasteiger charge is -2.39. The van der Waals surface area contributed by atoms with Crippen molar-refractivity contribution in [1.29, 1.82) is 0 Å². The van der Waals surface area contributed by atoms with Crippen molar-refractivity contribution in [2.45, 2.75) is 37.9 Å². The van der Waals surface area contributed by atoms with Gasteiger partial charge < -0.3 is 20.1 Å². The summed E-state index contributed by atoms with van der Waals surface area (Å²) in [4.78, 5) is 21.1. The number of likely N-dealkylation sites (tertiary alicyclic amines) is 1. The van der Waals surface area contributed by atoms with Gasteiger partial charge in [0.2, 0.25) is 5.91 Å². The Labute approximate surface area is 132 Å². The number of rotatable bonds is 3. The molecule has 0 saturated carbocycles. The fourth-order valence-electron chi connectivity index (χ4n) is 2.79. The molecule has 2 atom stereocenters. The molecule has 0 bridgehead atoms. The van der Waals surface area contributed by atoms with Crippen LogP contribution >= 0.6 is 0 Å². The normalized spacial score (nSPS) is 25.0. The number of halogens is 1. The van der Waals surface area contributed by atoms with E-state index in [2.05, 4.69) is 9.97 Å². The number of nitrogens with zero attached hydrogens (tertiary/aromatic N) is 2. The second kappa shape index (κ2) is 5.90. The minimum absolute atomic E-state index is 0.0915. The summed E-state index contributed by atoms with van der Waals surface area (Å²) in [5.41, 5.74) is 0.134. The Morgan fingerprint density at radius 3 is 3.09 bits per heavy atom. The van der Waals surface area contributed by atoms with Crippen LogP contribution in [0.25, 0.3) is 11.0 Å². The van der Waals surface area contributed by atoms with Gasteiger partial charge in [-0.05, 0) is 31.5 Å². The highest BCUT2D eigenvalue weighted by molar-refractivity contribution is 5.77. The van der Waals surface area contributed by atoms with Crippen LogP contribution in [0, 0.1) is 5.82 Å². The zero-order valence-electron chi connectivity index (χ0n) is 12.9. The molecule has 6 nitrogen and oxygen atoms in total. The molecule has 3 N–H and O–H groups in total. The smallest absolute Gasteiger partial charge is 0.223 e. The van der Waals surface area contributed by atoms with E-state index in [0.717, 1.165) is 0 Å². The number of amides is 1. The van der Waals surface area contributed by atoms with Crippen molar-refractivity contribution in [3.63, 3.8) is 0 Å². The molecular formula is C16H20FN3O3. The van der Waals surface area contributed by atoms with Gasteiger partial charge in [0, 0.05) is 25.9 Å². The zero-order chi connectivity index (χ0) is 16.6. The molecule has 1 aliphatic heterocycles. The van der Waals surface area contributed by atoms with Crippen LogP contribution in [0.1, 0.15) is 25.6 Å². The first-order chi connectivity index (χ1) is 10.8. The number of aromatic amines is 1. The summed E-state index contributed by atoms with van der Waals surface area (Å²) in [5.74, 6) is 0.202. The fraction of sp³-hybridized carbons (Fsp3) is 0.500. The summed E-state index contributed by atoms with van der Waals surface area (Å²) in [6.45, 7) is 2.14. The van der Waals surface area contributed by atoms with Crippen LogP contribution in [0.15, 0.2) is 18.2 Å². The average molecular weight is 321 g/mol. The number of piperidine rings is 1. The second-order valence-corrected chi connectivity index (χ2v) is 6.31. The molecule has 0 spiro atoms. The molecule has 23 heavy (non-hydrogen) atoms. The summed E-state index contributed by atoms with van der Waals surface area (Å²) in [7, 11) is 0. The molecule has 0 aliphatic carbocycles. The molecular weight excluding hydrogens is 301 g/mol. The van der Waals surface area contributed by atoms with Crippen LogP contribution in [0.5, 0.6) is 0 Å². The molecule has 124 valence electrons. The summed E-state index contributed by atoms with van der Waals surface area (Å²) >= 11 is 0. The number of fused-ring (bicyclic) bond motifs is 1. The quantitative estimate of drug-likeness (QED) is 0.786. The number of benzene rings is 1. The minimum atomic E-state index is -1.14. The van der Waals surface area contributed by atoms with Gasteiger partial charge in [-0.25, -0.2) is 9.37 Å². The molecule has 1 aromatic heterocycles. The Kier molecular flexibility index (Phi) is 4.08. The first kappa shape index (κ1) is 15.9. The number of aromatic nitrogens is 2. The van der Waals surface area contributed by atoms with E-state index in [0.29, 0.717) is 36.2 Å². The molecule has 2 heterocycles. The van der Waals surface area contributed by atoms with E-state index in [-0.39, 0.29) is 24.7 Å². The molecule has 2 aromatic rings. The SMILES string of the molecule is C[C@@]1(O)CCN(C(=O)CCc2nc3ccc(F)cc3[nH]2)C[C@@H]1O. The van der Waals surface area contributed by atoms with Crippen molar-refractivity contribution in [1.82, 2.24) is 14.9 Å². The Morgan fingerprint density at radius 1 is 1.57 bits per heavy atom. The third kappa shape index (κ3) is 3.35. The Balaban J connectivity index is 1.60. The molecule has 0 unspecified atom stereocenters. The largest absolute Gasteiger partial charge is 0.388 e. The molecule has 7 heteroatoms. The van der Waals surface area contributed by atoms with Gasteiger partial charge in [0.05, 0.1) is 22.7 Å². The molecule has 1 aromatic carbocycles. The highest BCUT2D eigenvalue weighted by Gasteiger charge is 2.37. The number of carbonyl (C=O) groups is 1. The van der Waals surface area contributed by atoms with Crippen molar-refractivity contribution in [2.24, 2.45) is 0 Å². The van der Waals surface area contributed by atoms with Crippen LogP contribution in [0.2, 0.25) is 0 Å². The number of aliphatic hydroxyl groups excluding tert-OH is 1. The van der Waals surface area contributed by atoms with Gasteiger partial charge in [-0.2, -0.15) is 0 Å². The van der Waals surface area contributed by atoms with Crippen molar-refractivity contribution >= 4 is 16.9 Å². The number of nitrogens with one attached hydrogen (secondary N) is 1. The lowest BCUT2D eigenvalue weighted by atomic mass is 9.90. The van der Waals surface area contributed by atoms with Crippen molar-refractivity contribution < 1.29 is 19.4 Å². The predicted octanol–water partition coefficient (Wildman–Crippen LogP) is 0.979. The lowest BCUT2D eigenvalue weighted by Crippen LogP contribution is -2.55. The first-order valence-electron chi connectivity index (χ1n) is 7.67. The monoisotopic (exact) mass is 321 g/mol. The standard InChI is InChI=1S/C16H20FN3O3/c1-16(23)6-7-20(9-13(16)21)15(22)5-4-14-18-11-3-2-10(17)8-12(11)19-14/h2-3,8,13,21,23H,4-7,9H2,1H3,(H,18,19)/t13-,16+/m0/s1. The van der Waals surface area contributed by atoms with E-state index in [1.807, 2.05) is 0 Å². The molecule has 1 amide bonds. The highest BCUT2D eigenvalue weighted by atomic mass is 19.1. The van der Waals surface area contributed by atoms with Gasteiger partial charge in [-0.1, -0.05) is 0 Å². The molecule has 1 fully saturated rings. The van der Waals surface area contributed by atoms with E-state index in [1.54, 1.807) is 17.9 Å². The third-order valence-electron chi connectivity index (χ3n) is 4.42. The van der Waals surface area contributed by atoms with Crippen LogP contribution < -0.4 is 0 Å². The number of carbonyl (C=O) groups excluding carboxylic acids is 1. The van der Waals surface area contributed by atoms with Gasteiger partial charge in [-0.15, -0.1) is 0 Å². The zero-order valence-corrected chi connectivity index (χ0v) is 12.9. The second-order valence-electron chi connectivity index (χ2n) is 6.31. The van der Waals surface area contributed by atoms with Crippen molar-refractivity contribution in [3.8, 4) is 0 Å². The summed E-state index contributed by atoms with van der Waals surface area (Å²) in [5, 5.41) is 19.8. The summed E-state index contributed by atoms with van der Waals surface area (Å²) < 4.78 is 13.1. The van der Waals surface area contributed by atoms with Gasteiger partial charge in [0.25, 0.3) is 0 Å². The molecule has 1 saturated heterocycles. The predicted molar refractivity (Wildman–Crippen MR) is 82.2 cm³/mol. The molecule has 3 rings (SSSR count). The number of hydrogen-bond donors (Lipinski definition) is 3. The summed E-state index contributed by atoms with van der Waals surface area (Å²) in [6, 6.07) is 4.31. The maximum atomic E-state index is 13.1. The van der Waals surface area contributed by atoms with Crippen LogP contribution in [-0.2, 0) is 11.2 Å². The van der Waals surface area contributed by atoms with Gasteiger partial charge in [0.1, 0.15) is 11.6 Å². The lowest BCUT2D eigenvalue weighted by molar-refractivity contribution is -0.146. The van der Waals surface area contributed by atoms with E-state index < -0.39 is 11.7 Å². The third-order valence-corrected chi connectivity index (χ3v) is 4.42. The average Bonchev–Trinajstić information content (AvgIpc) is 2.89. The van der Waals surface area contributed by atoms with Crippen LogP contribution in [-0.4, -0.2) is 55.8 Å². The van der Waals surface area contributed by atoms with E-state index in [1.165, 1.54) is 12.1 Å². The van der Waals surface area contributed by atoms with E-state index in [4.69, 9.17) is 0 Å². The minimum Gasteiger partial charge on any atom is -0.388 e. The Bertz CT molecular complexity index is 728. The maximum absolute atomic E-state index is 13.1. The van der Waals surface area contributed by atoms with Crippen LogP contribution in [0.3, 0.4) is 0 Å². The Hall–Kier alpha value is -1.99. The van der Waals surface area contributed by atoms with Crippen LogP contribution in [0.4, 0.5) is 4.39 Å². The molecule has 1 aliphatic rings. The Morgan fingerprint density at radius 2 is 2.35 bits per heavy atom. The van der Waals surface area contributed by atoms with E-state index in [9.17, 15) is 19.4 Å². The number of aliphatic hydroxyl groups is 2.